The molecule has 5 heteroatoms. The van der Waals surface area contributed by atoms with E-state index in [1.165, 1.54) is 0 Å². The molecule has 0 aromatic carbocycles. The number of anilines is 1. The summed E-state index contributed by atoms with van der Waals surface area (Å²) in [7, 11) is 0. The van der Waals surface area contributed by atoms with Gasteiger partial charge in [0.2, 0.25) is 0 Å². The highest BCUT2D eigenvalue weighted by molar-refractivity contribution is 5.67. The van der Waals surface area contributed by atoms with E-state index in [9.17, 15) is 0 Å². The van der Waals surface area contributed by atoms with Crippen molar-refractivity contribution >= 4 is 11.3 Å². The molecule has 0 unspecified atom stereocenters. The molecule has 2 aromatic rings. The summed E-state index contributed by atoms with van der Waals surface area (Å²) in [5, 5.41) is 7.76. The number of nitrogens with zero attached hydrogens (tertiary/aromatic N) is 3. The van der Waals surface area contributed by atoms with Gasteiger partial charge in [0.25, 0.3) is 0 Å². The molecule has 1 aliphatic carbocycles. The predicted octanol–water partition coefficient (Wildman–Crippen LogP) is 1.19. The number of aromatic nitrogens is 3. The van der Waals surface area contributed by atoms with Gasteiger partial charge in [0.15, 0.2) is 5.82 Å². The maximum Gasteiger partial charge on any atom is 0.152 e. The number of aryl methyl sites for hydroxylation is 1. The predicted molar refractivity (Wildman–Crippen MR) is 66.9 cm³/mol. The van der Waals surface area contributed by atoms with E-state index in [0.717, 1.165) is 36.4 Å². The molecule has 1 aliphatic rings. The maximum absolute atomic E-state index is 5.77. The molecule has 3 rings (SSSR count). The molecule has 1 saturated carbocycles. The Labute approximate surface area is 100 Å². The van der Waals surface area contributed by atoms with E-state index >= 15 is 0 Å². The van der Waals surface area contributed by atoms with Gasteiger partial charge in [-0.2, -0.15) is 5.10 Å². The van der Waals surface area contributed by atoms with Crippen LogP contribution >= 0.6 is 0 Å². The zero-order chi connectivity index (χ0) is 11.8. The number of nitrogens with one attached hydrogen (secondary N) is 1. The maximum atomic E-state index is 5.77. The van der Waals surface area contributed by atoms with Crippen molar-refractivity contribution in [2.24, 2.45) is 11.7 Å². The second-order valence-electron chi connectivity index (χ2n) is 4.87. The van der Waals surface area contributed by atoms with Crippen LogP contribution in [0.2, 0.25) is 0 Å². The first-order chi connectivity index (χ1) is 8.22. The van der Waals surface area contributed by atoms with Crippen LogP contribution in [0.1, 0.15) is 18.5 Å². The minimum Gasteiger partial charge on any atom is -0.368 e. The van der Waals surface area contributed by atoms with E-state index in [4.69, 9.17) is 5.73 Å². The van der Waals surface area contributed by atoms with E-state index in [1.54, 1.807) is 6.20 Å². The molecule has 0 aliphatic heterocycles. The van der Waals surface area contributed by atoms with Gasteiger partial charge < -0.3 is 11.1 Å². The molecule has 2 heterocycles. The van der Waals surface area contributed by atoms with Crippen LogP contribution in [0, 0.1) is 12.8 Å². The second kappa shape index (κ2) is 4.00. The molecule has 1 fully saturated rings. The van der Waals surface area contributed by atoms with Gasteiger partial charge >= 0.3 is 0 Å². The van der Waals surface area contributed by atoms with Gasteiger partial charge in [-0.05, 0) is 31.7 Å². The lowest BCUT2D eigenvalue weighted by molar-refractivity contribution is 0.280. The van der Waals surface area contributed by atoms with Crippen molar-refractivity contribution < 1.29 is 0 Å². The molecular weight excluding hydrogens is 214 g/mol. The van der Waals surface area contributed by atoms with Crippen LogP contribution in [0.5, 0.6) is 0 Å². The summed E-state index contributed by atoms with van der Waals surface area (Å²) in [5.74, 6) is 1.60. The molecule has 0 bridgehead atoms. The zero-order valence-corrected chi connectivity index (χ0v) is 9.93. The highest BCUT2D eigenvalue weighted by Crippen LogP contribution is 2.26. The van der Waals surface area contributed by atoms with Crippen molar-refractivity contribution in [2.75, 3.05) is 11.9 Å². The van der Waals surface area contributed by atoms with Gasteiger partial charge in [0.1, 0.15) is 5.52 Å². The van der Waals surface area contributed by atoms with E-state index in [2.05, 4.69) is 15.4 Å². The summed E-state index contributed by atoms with van der Waals surface area (Å²) in [4.78, 5) is 4.37. The van der Waals surface area contributed by atoms with Crippen molar-refractivity contribution in [2.45, 2.75) is 25.8 Å². The molecule has 90 valence electrons. The van der Waals surface area contributed by atoms with E-state index in [-0.39, 0.29) is 0 Å². The standard InChI is InChI=1S/C12H17N5/c1-8-4-11-12(14-2-3-17(11)16-8)15-7-9-5-10(13)6-9/h2-4,9-10H,5-7,13H2,1H3,(H,14,15). The van der Waals surface area contributed by atoms with Crippen molar-refractivity contribution in [1.82, 2.24) is 14.6 Å². The molecule has 0 radical (unpaired) electrons. The quantitative estimate of drug-likeness (QED) is 0.832. The fourth-order valence-corrected chi connectivity index (χ4v) is 2.38. The van der Waals surface area contributed by atoms with Crippen LogP contribution in [0.25, 0.3) is 5.52 Å². The van der Waals surface area contributed by atoms with Gasteiger partial charge in [0.05, 0.1) is 5.69 Å². The number of nitrogens with two attached hydrogens (primary N) is 1. The monoisotopic (exact) mass is 231 g/mol. The van der Waals surface area contributed by atoms with Crippen LogP contribution in [0.3, 0.4) is 0 Å². The summed E-state index contributed by atoms with van der Waals surface area (Å²) in [6.07, 6.45) is 5.88. The van der Waals surface area contributed by atoms with Gasteiger partial charge in [-0.15, -0.1) is 0 Å². The normalized spacial score (nSPS) is 23.6. The molecule has 0 spiro atoms. The number of hydrogen-bond donors (Lipinski definition) is 2. The first kappa shape index (κ1) is 10.5. The highest BCUT2D eigenvalue weighted by Gasteiger charge is 2.25. The second-order valence-corrected chi connectivity index (χ2v) is 4.87. The highest BCUT2D eigenvalue weighted by atomic mass is 15.2. The molecule has 0 saturated heterocycles. The molecule has 0 amide bonds. The third kappa shape index (κ3) is 1.98. The fourth-order valence-electron chi connectivity index (χ4n) is 2.38. The first-order valence-corrected chi connectivity index (χ1v) is 6.03. The number of hydrogen-bond acceptors (Lipinski definition) is 4. The van der Waals surface area contributed by atoms with Crippen molar-refractivity contribution in [1.29, 1.82) is 0 Å². The summed E-state index contributed by atoms with van der Waals surface area (Å²) in [6, 6.07) is 2.45. The smallest absolute Gasteiger partial charge is 0.152 e. The lowest BCUT2D eigenvalue weighted by Gasteiger charge is -2.32. The van der Waals surface area contributed by atoms with Crippen molar-refractivity contribution in [3.05, 3.63) is 24.2 Å². The van der Waals surface area contributed by atoms with Gasteiger partial charge in [-0.25, -0.2) is 9.50 Å². The summed E-state index contributed by atoms with van der Waals surface area (Å²) in [6.45, 7) is 2.94. The summed E-state index contributed by atoms with van der Waals surface area (Å²) < 4.78 is 1.86. The minimum atomic E-state index is 0.405. The van der Waals surface area contributed by atoms with Crippen molar-refractivity contribution in [3.63, 3.8) is 0 Å². The molecule has 17 heavy (non-hydrogen) atoms. The Bertz CT molecular complexity index is 527. The third-order valence-corrected chi connectivity index (χ3v) is 3.34. The largest absolute Gasteiger partial charge is 0.368 e. The Morgan fingerprint density at radius 2 is 2.35 bits per heavy atom. The average molecular weight is 231 g/mol. The summed E-state index contributed by atoms with van der Waals surface area (Å²) >= 11 is 0. The first-order valence-electron chi connectivity index (χ1n) is 6.03. The average Bonchev–Trinajstić information content (AvgIpc) is 2.63. The van der Waals surface area contributed by atoms with E-state index in [0.29, 0.717) is 12.0 Å². The Kier molecular flexibility index (Phi) is 2.48. The van der Waals surface area contributed by atoms with Crippen molar-refractivity contribution in [3.8, 4) is 0 Å². The van der Waals surface area contributed by atoms with Crippen LogP contribution in [0.15, 0.2) is 18.5 Å². The summed E-state index contributed by atoms with van der Waals surface area (Å²) in [5.41, 5.74) is 7.82. The Morgan fingerprint density at radius 3 is 3.12 bits per heavy atom. The Morgan fingerprint density at radius 1 is 1.53 bits per heavy atom. The van der Waals surface area contributed by atoms with E-state index < -0.39 is 0 Å². The third-order valence-electron chi connectivity index (χ3n) is 3.34. The van der Waals surface area contributed by atoms with Crippen LogP contribution in [-0.4, -0.2) is 27.2 Å². The molecule has 3 N–H and O–H groups in total. The lowest BCUT2D eigenvalue weighted by atomic mass is 9.81. The van der Waals surface area contributed by atoms with E-state index in [1.807, 2.05) is 23.7 Å². The molecule has 2 aromatic heterocycles. The topological polar surface area (TPSA) is 68.2 Å². The van der Waals surface area contributed by atoms with Crippen LogP contribution < -0.4 is 11.1 Å². The fraction of sp³-hybridized carbons (Fsp3) is 0.500. The Balaban J connectivity index is 1.75. The van der Waals surface area contributed by atoms with Gasteiger partial charge in [-0.3, -0.25) is 0 Å². The number of rotatable bonds is 3. The van der Waals surface area contributed by atoms with Crippen LogP contribution in [-0.2, 0) is 0 Å². The van der Waals surface area contributed by atoms with Gasteiger partial charge in [-0.1, -0.05) is 0 Å². The SMILES string of the molecule is Cc1cc2c(NCC3CC(N)C3)nccn2n1. The number of fused-ring (bicyclic) bond motifs is 1. The van der Waals surface area contributed by atoms with Crippen LogP contribution in [0.4, 0.5) is 5.82 Å². The molecule has 0 atom stereocenters. The zero-order valence-electron chi connectivity index (χ0n) is 9.93. The lowest BCUT2D eigenvalue weighted by Crippen LogP contribution is -2.39. The molecular formula is C12H17N5. The minimum absolute atomic E-state index is 0.405. The molecule has 5 nitrogen and oxygen atoms in total. The van der Waals surface area contributed by atoms with Gasteiger partial charge in [0, 0.05) is 25.0 Å². The Hall–Kier alpha value is -1.62.